The molecule has 1 fully saturated rings. The molecule has 3 nitrogen and oxygen atoms in total. The van der Waals surface area contributed by atoms with E-state index in [0.29, 0.717) is 17.1 Å². The summed E-state index contributed by atoms with van der Waals surface area (Å²) in [6.07, 6.45) is 5.20. The molecular formula is C15H20BrClN2O. The van der Waals surface area contributed by atoms with Crippen molar-refractivity contribution in [1.82, 2.24) is 10.2 Å². The standard InChI is InChI=1S/C15H20BrClN2O/c16-12-5-6-14(17)13(11-12)15(20)18-7-10-19-8-3-1-2-4-9-19/h5-6,11H,1-4,7-10H2,(H,18,20). The number of hydrogen-bond donors (Lipinski definition) is 1. The first-order chi connectivity index (χ1) is 9.66. The van der Waals surface area contributed by atoms with E-state index < -0.39 is 0 Å². The Morgan fingerprint density at radius 3 is 2.65 bits per heavy atom. The summed E-state index contributed by atoms with van der Waals surface area (Å²) in [6, 6.07) is 5.31. The molecule has 0 saturated carbocycles. The second kappa shape index (κ2) is 8.01. The maximum Gasteiger partial charge on any atom is 0.252 e. The van der Waals surface area contributed by atoms with Gasteiger partial charge < -0.3 is 10.2 Å². The number of nitrogens with zero attached hydrogens (tertiary/aromatic N) is 1. The smallest absolute Gasteiger partial charge is 0.252 e. The molecule has 0 bridgehead atoms. The van der Waals surface area contributed by atoms with E-state index in [1.54, 1.807) is 12.1 Å². The van der Waals surface area contributed by atoms with Crippen LogP contribution in [0.3, 0.4) is 0 Å². The Morgan fingerprint density at radius 2 is 1.95 bits per heavy atom. The molecule has 1 heterocycles. The molecule has 0 atom stereocenters. The number of nitrogens with one attached hydrogen (secondary N) is 1. The van der Waals surface area contributed by atoms with Crippen LogP contribution in [0.4, 0.5) is 0 Å². The van der Waals surface area contributed by atoms with E-state index in [2.05, 4.69) is 26.1 Å². The molecule has 5 heteroatoms. The molecule has 0 radical (unpaired) electrons. The van der Waals surface area contributed by atoms with Crippen LogP contribution in [0.1, 0.15) is 36.0 Å². The minimum Gasteiger partial charge on any atom is -0.351 e. The first kappa shape index (κ1) is 15.8. The van der Waals surface area contributed by atoms with Crippen LogP contribution < -0.4 is 5.32 Å². The second-order valence-electron chi connectivity index (χ2n) is 5.14. The first-order valence-corrected chi connectivity index (χ1v) is 8.29. The number of carbonyl (C=O) groups excluding carboxylic acids is 1. The van der Waals surface area contributed by atoms with Gasteiger partial charge in [0.15, 0.2) is 0 Å². The summed E-state index contributed by atoms with van der Waals surface area (Å²) in [4.78, 5) is 14.5. The quantitative estimate of drug-likeness (QED) is 0.889. The highest BCUT2D eigenvalue weighted by molar-refractivity contribution is 9.10. The molecule has 0 aromatic heterocycles. The number of hydrogen-bond acceptors (Lipinski definition) is 2. The molecule has 1 aromatic rings. The molecule has 1 N–H and O–H groups in total. The van der Waals surface area contributed by atoms with Crippen LogP contribution in [0.25, 0.3) is 0 Å². The van der Waals surface area contributed by atoms with Gasteiger partial charge in [0.1, 0.15) is 0 Å². The zero-order chi connectivity index (χ0) is 14.4. The summed E-state index contributed by atoms with van der Waals surface area (Å²) in [5.41, 5.74) is 0.525. The van der Waals surface area contributed by atoms with Crippen LogP contribution in [0.2, 0.25) is 5.02 Å². The monoisotopic (exact) mass is 358 g/mol. The fourth-order valence-electron chi connectivity index (χ4n) is 2.45. The van der Waals surface area contributed by atoms with Gasteiger partial charge in [0.2, 0.25) is 0 Å². The minimum atomic E-state index is -0.105. The van der Waals surface area contributed by atoms with Gasteiger partial charge in [-0.05, 0) is 44.1 Å². The fraction of sp³-hybridized carbons (Fsp3) is 0.533. The summed E-state index contributed by atoms with van der Waals surface area (Å²) in [6.45, 7) is 3.88. The molecule has 1 aliphatic heterocycles. The first-order valence-electron chi connectivity index (χ1n) is 7.12. The van der Waals surface area contributed by atoms with Crippen molar-refractivity contribution in [3.8, 4) is 0 Å². The minimum absolute atomic E-state index is 0.105. The second-order valence-corrected chi connectivity index (χ2v) is 6.46. The SMILES string of the molecule is O=C(NCCN1CCCCCC1)c1cc(Br)ccc1Cl. The molecule has 0 unspecified atom stereocenters. The zero-order valence-electron chi connectivity index (χ0n) is 11.5. The maximum absolute atomic E-state index is 12.1. The van der Waals surface area contributed by atoms with Gasteiger partial charge in [-0.25, -0.2) is 0 Å². The number of rotatable bonds is 4. The van der Waals surface area contributed by atoms with Gasteiger partial charge in [0.25, 0.3) is 5.91 Å². The highest BCUT2D eigenvalue weighted by atomic mass is 79.9. The lowest BCUT2D eigenvalue weighted by Gasteiger charge is -2.19. The Kier molecular flexibility index (Phi) is 6.33. The van der Waals surface area contributed by atoms with E-state index in [0.717, 1.165) is 24.1 Å². The van der Waals surface area contributed by atoms with Crippen molar-refractivity contribution in [2.45, 2.75) is 25.7 Å². The van der Waals surface area contributed by atoms with Crippen molar-refractivity contribution < 1.29 is 4.79 Å². The van der Waals surface area contributed by atoms with E-state index in [1.807, 2.05) is 6.07 Å². The van der Waals surface area contributed by atoms with E-state index in [9.17, 15) is 4.79 Å². The third-order valence-electron chi connectivity index (χ3n) is 3.59. The largest absolute Gasteiger partial charge is 0.351 e. The Bertz CT molecular complexity index is 459. The number of benzene rings is 1. The summed E-state index contributed by atoms with van der Waals surface area (Å²) in [5, 5.41) is 3.44. The van der Waals surface area contributed by atoms with Gasteiger partial charge in [0, 0.05) is 17.6 Å². The Morgan fingerprint density at radius 1 is 1.25 bits per heavy atom. The third-order valence-corrected chi connectivity index (χ3v) is 4.41. The number of carbonyl (C=O) groups is 1. The van der Waals surface area contributed by atoms with Crippen LogP contribution in [0.5, 0.6) is 0 Å². The topological polar surface area (TPSA) is 32.3 Å². The van der Waals surface area contributed by atoms with Crippen LogP contribution in [0, 0.1) is 0 Å². The Labute approximate surface area is 133 Å². The van der Waals surface area contributed by atoms with E-state index in [4.69, 9.17) is 11.6 Å². The Balaban J connectivity index is 1.81. The number of halogens is 2. The van der Waals surface area contributed by atoms with E-state index in [-0.39, 0.29) is 5.91 Å². The summed E-state index contributed by atoms with van der Waals surface area (Å²) < 4.78 is 0.861. The predicted octanol–water partition coefficient (Wildman–Crippen LogP) is 3.71. The molecule has 2 rings (SSSR count). The van der Waals surface area contributed by atoms with Crippen molar-refractivity contribution in [3.05, 3.63) is 33.3 Å². The highest BCUT2D eigenvalue weighted by Crippen LogP contribution is 2.20. The van der Waals surface area contributed by atoms with Crippen molar-refractivity contribution in [3.63, 3.8) is 0 Å². The van der Waals surface area contributed by atoms with Gasteiger partial charge in [-0.1, -0.05) is 40.4 Å². The lowest BCUT2D eigenvalue weighted by molar-refractivity contribution is 0.0948. The molecular weight excluding hydrogens is 340 g/mol. The molecule has 1 aromatic carbocycles. The average molecular weight is 360 g/mol. The fourth-order valence-corrected chi connectivity index (χ4v) is 3.02. The number of amides is 1. The molecule has 110 valence electrons. The van der Waals surface area contributed by atoms with E-state index in [1.165, 1.54) is 25.7 Å². The molecule has 0 aliphatic carbocycles. The van der Waals surface area contributed by atoms with Crippen molar-refractivity contribution in [1.29, 1.82) is 0 Å². The summed E-state index contributed by atoms with van der Waals surface area (Å²) in [5.74, 6) is -0.105. The highest BCUT2D eigenvalue weighted by Gasteiger charge is 2.12. The summed E-state index contributed by atoms with van der Waals surface area (Å²) in [7, 11) is 0. The molecule has 0 spiro atoms. The summed E-state index contributed by atoms with van der Waals surface area (Å²) >= 11 is 9.41. The molecule has 1 amide bonds. The molecule has 20 heavy (non-hydrogen) atoms. The predicted molar refractivity (Wildman–Crippen MR) is 86.4 cm³/mol. The van der Waals surface area contributed by atoms with E-state index >= 15 is 0 Å². The van der Waals surface area contributed by atoms with Gasteiger partial charge in [-0.3, -0.25) is 4.79 Å². The lowest BCUT2D eigenvalue weighted by atomic mass is 10.2. The van der Waals surface area contributed by atoms with Crippen LogP contribution in [-0.4, -0.2) is 37.0 Å². The molecule has 1 saturated heterocycles. The van der Waals surface area contributed by atoms with Gasteiger partial charge in [-0.15, -0.1) is 0 Å². The van der Waals surface area contributed by atoms with Gasteiger partial charge in [0.05, 0.1) is 10.6 Å². The van der Waals surface area contributed by atoms with Gasteiger partial charge >= 0.3 is 0 Å². The zero-order valence-corrected chi connectivity index (χ0v) is 13.8. The van der Waals surface area contributed by atoms with Crippen molar-refractivity contribution >= 4 is 33.4 Å². The normalized spacial score (nSPS) is 16.7. The van der Waals surface area contributed by atoms with Crippen molar-refractivity contribution in [2.75, 3.05) is 26.2 Å². The maximum atomic E-state index is 12.1. The lowest BCUT2D eigenvalue weighted by Crippen LogP contribution is -2.35. The van der Waals surface area contributed by atoms with Crippen LogP contribution in [0.15, 0.2) is 22.7 Å². The average Bonchev–Trinajstić information content (AvgIpc) is 2.70. The van der Waals surface area contributed by atoms with Crippen molar-refractivity contribution in [2.24, 2.45) is 0 Å². The molecule has 1 aliphatic rings. The van der Waals surface area contributed by atoms with Crippen LogP contribution >= 0.6 is 27.5 Å². The number of likely N-dealkylation sites (tertiary alicyclic amines) is 1. The van der Waals surface area contributed by atoms with Crippen LogP contribution in [-0.2, 0) is 0 Å². The van der Waals surface area contributed by atoms with Gasteiger partial charge in [-0.2, -0.15) is 0 Å². The third kappa shape index (κ3) is 4.76. The Hall–Kier alpha value is -0.580.